The molecule has 0 aliphatic rings. The molecule has 0 saturated carbocycles. The fraction of sp³-hybridized carbons (Fsp3) is 0.357. The standard InChI is InChI=1S/C14H15F3N6O2S/c1-8-3-4-10(9(2)5-8)23-13(20-21-22-23)26-6-11(24)19-12(25)18-7-14(15,16)17/h3-5H,6-7H2,1-2H3,(H2,18,19,24,25). The normalized spacial score (nSPS) is 11.3. The average Bonchev–Trinajstić information content (AvgIpc) is 2.98. The Balaban J connectivity index is 1.93. The van der Waals surface area contributed by atoms with Crippen LogP contribution in [-0.2, 0) is 4.79 Å². The van der Waals surface area contributed by atoms with Crippen LogP contribution < -0.4 is 10.6 Å². The van der Waals surface area contributed by atoms with E-state index in [0.29, 0.717) is 5.16 Å². The van der Waals surface area contributed by atoms with Crippen molar-refractivity contribution in [1.82, 2.24) is 30.8 Å². The van der Waals surface area contributed by atoms with Gasteiger partial charge in [0, 0.05) is 0 Å². The summed E-state index contributed by atoms with van der Waals surface area (Å²) in [6, 6.07) is 4.44. The average molecular weight is 388 g/mol. The molecule has 8 nitrogen and oxygen atoms in total. The van der Waals surface area contributed by atoms with Crippen molar-refractivity contribution in [3.63, 3.8) is 0 Å². The number of aryl methyl sites for hydroxylation is 2. The second-order valence-corrected chi connectivity index (χ2v) is 6.24. The molecular weight excluding hydrogens is 373 g/mol. The Labute approximate surface area is 150 Å². The van der Waals surface area contributed by atoms with Gasteiger partial charge < -0.3 is 5.32 Å². The number of nitrogens with zero attached hydrogens (tertiary/aromatic N) is 4. The summed E-state index contributed by atoms with van der Waals surface area (Å²) in [5, 5.41) is 14.9. The summed E-state index contributed by atoms with van der Waals surface area (Å²) in [6.45, 7) is 2.31. The van der Waals surface area contributed by atoms with Gasteiger partial charge in [0.25, 0.3) is 0 Å². The van der Waals surface area contributed by atoms with Crippen LogP contribution in [0, 0.1) is 13.8 Å². The fourth-order valence-electron chi connectivity index (χ4n) is 1.98. The molecule has 0 aliphatic carbocycles. The van der Waals surface area contributed by atoms with E-state index in [-0.39, 0.29) is 5.75 Å². The van der Waals surface area contributed by atoms with Crippen molar-refractivity contribution in [3.05, 3.63) is 29.3 Å². The van der Waals surface area contributed by atoms with Gasteiger partial charge in [-0.15, -0.1) is 5.10 Å². The van der Waals surface area contributed by atoms with E-state index in [4.69, 9.17) is 0 Å². The first kappa shape index (κ1) is 19.7. The molecule has 0 radical (unpaired) electrons. The zero-order chi connectivity index (χ0) is 19.3. The molecule has 1 aromatic heterocycles. The number of aromatic nitrogens is 4. The molecular formula is C14H15F3N6O2S. The predicted octanol–water partition coefficient (Wildman–Crippen LogP) is 1.76. The number of imide groups is 1. The van der Waals surface area contributed by atoms with Crippen molar-refractivity contribution in [2.45, 2.75) is 25.2 Å². The predicted molar refractivity (Wildman–Crippen MR) is 86.9 cm³/mol. The Hall–Kier alpha value is -2.63. The third kappa shape index (κ3) is 5.72. The number of hydrogen-bond donors (Lipinski definition) is 2. The highest BCUT2D eigenvalue weighted by atomic mass is 32.2. The molecule has 2 rings (SSSR count). The van der Waals surface area contributed by atoms with Crippen LogP contribution in [-0.4, -0.2) is 50.6 Å². The summed E-state index contributed by atoms with van der Waals surface area (Å²) < 4.78 is 37.4. The van der Waals surface area contributed by atoms with Crippen LogP contribution in [0.15, 0.2) is 23.4 Å². The van der Waals surface area contributed by atoms with E-state index in [1.807, 2.05) is 32.0 Å². The molecule has 0 atom stereocenters. The quantitative estimate of drug-likeness (QED) is 0.757. The monoisotopic (exact) mass is 388 g/mol. The second kappa shape index (κ2) is 8.17. The minimum atomic E-state index is -4.55. The van der Waals surface area contributed by atoms with Gasteiger partial charge in [-0.1, -0.05) is 29.5 Å². The number of carbonyl (C=O) groups excluding carboxylic acids is 2. The minimum Gasteiger partial charge on any atom is -0.329 e. The molecule has 0 bridgehead atoms. The molecule has 1 heterocycles. The summed E-state index contributed by atoms with van der Waals surface area (Å²) in [4.78, 5) is 22.9. The molecule has 12 heteroatoms. The lowest BCUT2D eigenvalue weighted by Crippen LogP contribution is -2.43. The Morgan fingerprint density at radius 2 is 2.00 bits per heavy atom. The molecule has 26 heavy (non-hydrogen) atoms. The number of halogens is 3. The van der Waals surface area contributed by atoms with Crippen molar-refractivity contribution < 1.29 is 22.8 Å². The van der Waals surface area contributed by atoms with Crippen molar-refractivity contribution in [2.24, 2.45) is 0 Å². The lowest BCUT2D eigenvalue weighted by atomic mass is 10.1. The number of rotatable bonds is 5. The highest BCUT2D eigenvalue weighted by Gasteiger charge is 2.28. The van der Waals surface area contributed by atoms with E-state index in [1.54, 1.807) is 10.6 Å². The molecule has 0 saturated heterocycles. The Bertz CT molecular complexity index is 808. The third-order valence-electron chi connectivity index (χ3n) is 3.06. The summed E-state index contributed by atoms with van der Waals surface area (Å²) in [5.41, 5.74) is 2.72. The van der Waals surface area contributed by atoms with Crippen molar-refractivity contribution in [3.8, 4) is 5.69 Å². The maximum absolute atomic E-state index is 12.0. The third-order valence-corrected chi connectivity index (χ3v) is 3.98. The van der Waals surface area contributed by atoms with E-state index >= 15 is 0 Å². The summed E-state index contributed by atoms with van der Waals surface area (Å²) in [7, 11) is 0. The zero-order valence-electron chi connectivity index (χ0n) is 13.8. The highest BCUT2D eigenvalue weighted by Crippen LogP contribution is 2.21. The molecule has 140 valence electrons. The number of hydrogen-bond acceptors (Lipinski definition) is 6. The van der Waals surface area contributed by atoms with Gasteiger partial charge in [-0.2, -0.15) is 17.9 Å². The first-order valence-corrected chi connectivity index (χ1v) is 8.27. The number of benzene rings is 1. The van der Waals surface area contributed by atoms with E-state index in [9.17, 15) is 22.8 Å². The van der Waals surface area contributed by atoms with E-state index in [0.717, 1.165) is 28.6 Å². The maximum atomic E-state index is 12.0. The van der Waals surface area contributed by atoms with E-state index < -0.39 is 24.7 Å². The van der Waals surface area contributed by atoms with Crippen molar-refractivity contribution in [2.75, 3.05) is 12.3 Å². The van der Waals surface area contributed by atoms with Gasteiger partial charge in [0.15, 0.2) is 0 Å². The fourth-order valence-corrected chi connectivity index (χ4v) is 2.66. The van der Waals surface area contributed by atoms with Gasteiger partial charge in [-0.25, -0.2) is 4.79 Å². The topological polar surface area (TPSA) is 102 Å². The Kier molecular flexibility index (Phi) is 6.18. The first-order chi connectivity index (χ1) is 12.2. The van der Waals surface area contributed by atoms with Crippen molar-refractivity contribution in [1.29, 1.82) is 0 Å². The van der Waals surface area contributed by atoms with E-state index in [1.165, 1.54) is 4.68 Å². The lowest BCUT2D eigenvalue weighted by Gasteiger charge is -2.09. The molecule has 0 aliphatic heterocycles. The van der Waals surface area contributed by atoms with Crippen LogP contribution in [0.4, 0.5) is 18.0 Å². The number of amides is 3. The number of carbonyl (C=O) groups is 2. The lowest BCUT2D eigenvalue weighted by molar-refractivity contribution is -0.124. The number of nitrogens with one attached hydrogen (secondary N) is 2. The van der Waals surface area contributed by atoms with Crippen LogP contribution >= 0.6 is 11.8 Å². The SMILES string of the molecule is Cc1ccc(-n2nnnc2SCC(=O)NC(=O)NCC(F)(F)F)c(C)c1. The van der Waals surface area contributed by atoms with E-state index in [2.05, 4.69) is 15.5 Å². The van der Waals surface area contributed by atoms with Crippen LogP contribution in [0.3, 0.4) is 0 Å². The van der Waals surface area contributed by atoms with Crippen molar-refractivity contribution >= 4 is 23.7 Å². The van der Waals surface area contributed by atoms with Gasteiger partial charge in [0.1, 0.15) is 6.54 Å². The zero-order valence-corrected chi connectivity index (χ0v) is 14.6. The largest absolute Gasteiger partial charge is 0.405 e. The first-order valence-electron chi connectivity index (χ1n) is 7.29. The van der Waals surface area contributed by atoms with Crippen LogP contribution in [0.25, 0.3) is 5.69 Å². The molecule has 0 unspecified atom stereocenters. The number of thioether (sulfide) groups is 1. The van der Waals surface area contributed by atoms with Crippen LogP contribution in [0.2, 0.25) is 0 Å². The number of urea groups is 1. The molecule has 1 aromatic carbocycles. The maximum Gasteiger partial charge on any atom is 0.405 e. The van der Waals surface area contributed by atoms with Crippen LogP contribution in [0.1, 0.15) is 11.1 Å². The highest BCUT2D eigenvalue weighted by molar-refractivity contribution is 7.99. The van der Waals surface area contributed by atoms with Gasteiger partial charge in [-0.05, 0) is 35.9 Å². The number of alkyl halides is 3. The van der Waals surface area contributed by atoms with Gasteiger partial charge in [0.05, 0.1) is 11.4 Å². The Morgan fingerprint density at radius 3 is 2.65 bits per heavy atom. The summed E-state index contributed by atoms with van der Waals surface area (Å²) in [6.07, 6.45) is -4.55. The second-order valence-electron chi connectivity index (χ2n) is 5.30. The smallest absolute Gasteiger partial charge is 0.329 e. The molecule has 2 aromatic rings. The van der Waals surface area contributed by atoms with Gasteiger partial charge in [0.2, 0.25) is 11.1 Å². The molecule has 0 spiro atoms. The Morgan fingerprint density at radius 1 is 1.27 bits per heavy atom. The molecule has 0 fully saturated rings. The van der Waals surface area contributed by atoms with Gasteiger partial charge in [-0.3, -0.25) is 10.1 Å². The summed E-state index contributed by atoms with van der Waals surface area (Å²) in [5.74, 6) is -1.02. The molecule has 3 amide bonds. The van der Waals surface area contributed by atoms with Gasteiger partial charge >= 0.3 is 12.2 Å². The minimum absolute atomic E-state index is 0.245. The van der Waals surface area contributed by atoms with Crippen LogP contribution in [0.5, 0.6) is 0 Å². The molecule has 2 N–H and O–H groups in total. The number of tetrazole rings is 1. The summed E-state index contributed by atoms with van der Waals surface area (Å²) >= 11 is 0.948.